The molecule has 0 aliphatic heterocycles. The van der Waals surface area contributed by atoms with Gasteiger partial charge in [-0.2, -0.15) is 4.98 Å². The number of rotatable bonds is 3. The zero-order valence-corrected chi connectivity index (χ0v) is 12.5. The summed E-state index contributed by atoms with van der Waals surface area (Å²) in [7, 11) is 0. The molecule has 0 saturated carbocycles. The second-order valence-corrected chi connectivity index (χ2v) is 5.20. The number of aromatic nitrogens is 2. The number of nitrogens with zero attached hydrogens (tertiary/aromatic N) is 2. The van der Waals surface area contributed by atoms with Gasteiger partial charge in [-0.1, -0.05) is 29.3 Å². The zero-order chi connectivity index (χ0) is 15.7. The van der Waals surface area contributed by atoms with Gasteiger partial charge in [-0.15, -0.1) is 0 Å². The van der Waals surface area contributed by atoms with Crippen molar-refractivity contribution >= 4 is 35.1 Å². The number of carbonyl (C=O) groups is 1. The summed E-state index contributed by atoms with van der Waals surface area (Å²) in [6, 6.07) is 9.63. The number of aldehydes is 1. The molecular weight excluding hydrogens is 327 g/mol. The Labute approximate surface area is 134 Å². The molecule has 3 rings (SSSR count). The lowest BCUT2D eigenvalue weighted by molar-refractivity contribution is 0.111. The lowest BCUT2D eigenvalue weighted by atomic mass is 10.3. The van der Waals surface area contributed by atoms with E-state index >= 15 is 0 Å². The normalized spacial score (nSPS) is 10.6. The highest BCUT2D eigenvalue weighted by molar-refractivity contribution is 6.35. The minimum atomic E-state index is -0.513. The summed E-state index contributed by atoms with van der Waals surface area (Å²) in [6.07, 6.45) is 1.94. The molecule has 0 saturated heterocycles. The third kappa shape index (κ3) is 2.56. The summed E-state index contributed by atoms with van der Waals surface area (Å²) in [5.41, 5.74) is -0.339. The minimum absolute atomic E-state index is 0.101. The molecule has 0 amide bonds. The van der Waals surface area contributed by atoms with E-state index in [1.165, 1.54) is 22.7 Å². The highest BCUT2D eigenvalue weighted by Crippen LogP contribution is 2.31. The third-order valence-electron chi connectivity index (χ3n) is 2.95. The van der Waals surface area contributed by atoms with Crippen LogP contribution in [-0.2, 0) is 0 Å². The van der Waals surface area contributed by atoms with Crippen LogP contribution in [0.15, 0.2) is 47.4 Å². The van der Waals surface area contributed by atoms with E-state index in [-0.39, 0.29) is 22.2 Å². The van der Waals surface area contributed by atoms with Crippen molar-refractivity contribution in [1.29, 1.82) is 0 Å². The van der Waals surface area contributed by atoms with Crippen molar-refractivity contribution in [2.75, 3.05) is 0 Å². The molecule has 0 aliphatic carbocycles. The van der Waals surface area contributed by atoms with Crippen molar-refractivity contribution in [3.05, 3.63) is 68.6 Å². The smallest absolute Gasteiger partial charge is 0.272 e. The summed E-state index contributed by atoms with van der Waals surface area (Å²) in [4.78, 5) is 27.7. The molecule has 5 nitrogen and oxygen atoms in total. The Hall–Kier alpha value is -2.37. The monoisotopic (exact) mass is 334 g/mol. The number of carbonyl (C=O) groups excluding carboxylic acids is 1. The second kappa shape index (κ2) is 5.79. The van der Waals surface area contributed by atoms with Crippen LogP contribution in [0.25, 0.3) is 5.65 Å². The van der Waals surface area contributed by atoms with Crippen molar-refractivity contribution in [3.8, 4) is 11.6 Å². The lowest BCUT2D eigenvalue weighted by Crippen LogP contribution is -2.20. The van der Waals surface area contributed by atoms with Crippen LogP contribution in [0.2, 0.25) is 10.0 Å². The van der Waals surface area contributed by atoms with Gasteiger partial charge in [0.2, 0.25) is 5.88 Å². The average Bonchev–Trinajstić information content (AvgIpc) is 2.50. The van der Waals surface area contributed by atoms with Crippen molar-refractivity contribution < 1.29 is 9.53 Å². The molecule has 7 heteroatoms. The van der Waals surface area contributed by atoms with Crippen LogP contribution in [0, 0.1) is 0 Å². The van der Waals surface area contributed by atoms with Gasteiger partial charge >= 0.3 is 0 Å². The molecule has 0 bridgehead atoms. The largest absolute Gasteiger partial charge is 0.436 e. The van der Waals surface area contributed by atoms with E-state index in [0.717, 1.165) is 0 Å². The van der Waals surface area contributed by atoms with Gasteiger partial charge in [-0.05, 0) is 30.3 Å². The van der Waals surface area contributed by atoms with Gasteiger partial charge in [0, 0.05) is 11.2 Å². The van der Waals surface area contributed by atoms with Crippen LogP contribution in [0.3, 0.4) is 0 Å². The van der Waals surface area contributed by atoms with Crippen molar-refractivity contribution in [3.63, 3.8) is 0 Å². The van der Waals surface area contributed by atoms with Crippen LogP contribution in [0.1, 0.15) is 10.4 Å². The molecule has 2 aromatic heterocycles. The van der Waals surface area contributed by atoms with Crippen LogP contribution in [0.4, 0.5) is 0 Å². The quantitative estimate of drug-likeness (QED) is 0.686. The van der Waals surface area contributed by atoms with E-state index in [9.17, 15) is 9.59 Å². The van der Waals surface area contributed by atoms with Gasteiger partial charge in [0.15, 0.2) is 6.29 Å². The fourth-order valence-corrected chi connectivity index (χ4v) is 2.37. The first kappa shape index (κ1) is 14.6. The Bertz CT molecular complexity index is 938. The van der Waals surface area contributed by atoms with E-state index in [0.29, 0.717) is 17.0 Å². The highest BCUT2D eigenvalue weighted by Gasteiger charge is 2.15. The number of benzene rings is 1. The van der Waals surface area contributed by atoms with Crippen LogP contribution in [0.5, 0.6) is 11.6 Å². The number of ether oxygens (including phenoxy) is 1. The van der Waals surface area contributed by atoms with Crippen LogP contribution in [-0.4, -0.2) is 15.7 Å². The Kier molecular flexibility index (Phi) is 3.83. The Balaban J connectivity index is 2.17. The topological polar surface area (TPSA) is 60.7 Å². The molecule has 0 atom stereocenters. The second-order valence-electron chi connectivity index (χ2n) is 4.36. The Morgan fingerprint density at radius 1 is 1.18 bits per heavy atom. The molecule has 0 N–H and O–H groups in total. The Morgan fingerprint density at radius 2 is 2.00 bits per heavy atom. The summed E-state index contributed by atoms with van der Waals surface area (Å²) in [6.45, 7) is 0. The molecular formula is C15H8Cl2N2O3. The highest BCUT2D eigenvalue weighted by atomic mass is 35.5. The maximum absolute atomic E-state index is 12.3. The molecule has 0 fully saturated rings. The average molecular weight is 335 g/mol. The van der Waals surface area contributed by atoms with Crippen molar-refractivity contribution in [2.24, 2.45) is 0 Å². The molecule has 0 aliphatic rings. The van der Waals surface area contributed by atoms with E-state index in [1.54, 1.807) is 24.3 Å². The van der Waals surface area contributed by atoms with Gasteiger partial charge in [0.1, 0.15) is 17.0 Å². The fourth-order valence-electron chi connectivity index (χ4n) is 1.92. The number of fused-ring (bicyclic) bond motifs is 1. The van der Waals surface area contributed by atoms with E-state index in [4.69, 9.17) is 27.9 Å². The van der Waals surface area contributed by atoms with Crippen molar-refractivity contribution in [2.45, 2.75) is 0 Å². The third-order valence-corrected chi connectivity index (χ3v) is 3.48. The number of pyridine rings is 1. The summed E-state index contributed by atoms with van der Waals surface area (Å²) < 4.78 is 6.79. The molecule has 110 valence electrons. The van der Waals surface area contributed by atoms with E-state index < -0.39 is 5.56 Å². The molecule has 1 aromatic carbocycles. The van der Waals surface area contributed by atoms with E-state index in [2.05, 4.69) is 4.98 Å². The maximum atomic E-state index is 12.3. The van der Waals surface area contributed by atoms with Gasteiger partial charge < -0.3 is 4.74 Å². The summed E-state index contributed by atoms with van der Waals surface area (Å²) in [5.74, 6) is 0.150. The lowest BCUT2D eigenvalue weighted by Gasteiger charge is -2.10. The van der Waals surface area contributed by atoms with E-state index in [1.807, 2.05) is 0 Å². The fraction of sp³-hybridized carbons (Fsp3) is 0. The van der Waals surface area contributed by atoms with Gasteiger partial charge in [-0.3, -0.25) is 14.0 Å². The van der Waals surface area contributed by atoms with Gasteiger partial charge in [0.05, 0.1) is 5.02 Å². The van der Waals surface area contributed by atoms with Gasteiger partial charge in [0.25, 0.3) is 5.56 Å². The summed E-state index contributed by atoms with van der Waals surface area (Å²) >= 11 is 11.8. The van der Waals surface area contributed by atoms with Crippen LogP contribution < -0.4 is 10.3 Å². The molecule has 0 unspecified atom stereocenters. The summed E-state index contributed by atoms with van der Waals surface area (Å²) in [5, 5.41) is 0.693. The first-order valence-corrected chi connectivity index (χ1v) is 6.95. The van der Waals surface area contributed by atoms with Crippen molar-refractivity contribution in [1.82, 2.24) is 9.38 Å². The molecule has 0 radical (unpaired) electrons. The molecule has 3 aromatic rings. The standard InChI is InChI=1S/C15H8Cl2N2O3/c16-9-4-5-12(11(17)7-9)22-14-10(8-20)15(21)19-6-2-1-3-13(19)18-14/h1-8H. The Morgan fingerprint density at radius 3 is 2.73 bits per heavy atom. The number of hydrogen-bond acceptors (Lipinski definition) is 4. The predicted molar refractivity (Wildman–Crippen MR) is 83.4 cm³/mol. The number of hydrogen-bond donors (Lipinski definition) is 0. The number of halogens is 2. The predicted octanol–water partition coefficient (Wildman–Crippen LogP) is 3.61. The van der Waals surface area contributed by atoms with Crippen LogP contribution >= 0.6 is 23.2 Å². The molecule has 0 spiro atoms. The minimum Gasteiger partial charge on any atom is -0.436 e. The molecule has 22 heavy (non-hydrogen) atoms. The van der Waals surface area contributed by atoms with Gasteiger partial charge in [-0.25, -0.2) is 0 Å². The SMILES string of the molecule is O=Cc1c(Oc2ccc(Cl)cc2Cl)nc2ccccn2c1=O. The first-order chi connectivity index (χ1) is 10.6. The zero-order valence-electron chi connectivity index (χ0n) is 11.0. The molecule has 2 heterocycles. The first-order valence-electron chi connectivity index (χ1n) is 6.19. The maximum Gasteiger partial charge on any atom is 0.272 e.